The van der Waals surface area contributed by atoms with Gasteiger partial charge in [-0.1, -0.05) is 13.8 Å². The number of nitrogens with zero attached hydrogens (tertiary/aromatic N) is 1. The minimum Gasteiger partial charge on any atom is -0.467 e. The molecule has 0 saturated carbocycles. The van der Waals surface area contributed by atoms with Gasteiger partial charge in [0.25, 0.3) is 0 Å². The highest BCUT2D eigenvalue weighted by Gasteiger charge is 2.34. The summed E-state index contributed by atoms with van der Waals surface area (Å²) in [5.41, 5.74) is 1.31. The van der Waals surface area contributed by atoms with Crippen LogP contribution in [0.1, 0.15) is 32.4 Å². The van der Waals surface area contributed by atoms with Crippen molar-refractivity contribution in [1.82, 2.24) is 4.90 Å². The van der Waals surface area contributed by atoms with Gasteiger partial charge in [-0.05, 0) is 42.3 Å². The lowest BCUT2D eigenvalue weighted by Crippen LogP contribution is -2.27. The Balaban J connectivity index is 1.52. The summed E-state index contributed by atoms with van der Waals surface area (Å²) < 4.78 is 5.27. The monoisotopic (exact) mass is 383 g/mol. The molecular formula is C21H25N3O4. The molecule has 2 N–H and O–H groups in total. The van der Waals surface area contributed by atoms with Gasteiger partial charge in [0.1, 0.15) is 5.76 Å². The third kappa shape index (κ3) is 5.22. The number of anilines is 2. The fourth-order valence-electron chi connectivity index (χ4n) is 3.16. The zero-order valence-electron chi connectivity index (χ0n) is 16.1. The zero-order valence-corrected chi connectivity index (χ0v) is 16.1. The number of nitrogens with one attached hydrogen (secondary N) is 2. The Morgan fingerprint density at radius 1 is 1.14 bits per heavy atom. The summed E-state index contributed by atoms with van der Waals surface area (Å²) in [6.07, 6.45) is 2.22. The highest BCUT2D eigenvalue weighted by molar-refractivity contribution is 5.97. The van der Waals surface area contributed by atoms with E-state index in [4.69, 9.17) is 4.42 Å². The first-order valence-corrected chi connectivity index (χ1v) is 9.41. The molecule has 7 nitrogen and oxygen atoms in total. The van der Waals surface area contributed by atoms with Crippen molar-refractivity contribution in [1.29, 1.82) is 0 Å². The molecule has 3 amide bonds. The summed E-state index contributed by atoms with van der Waals surface area (Å²) in [4.78, 5) is 38.1. The maximum absolute atomic E-state index is 12.5. The number of hydrogen-bond acceptors (Lipinski definition) is 4. The van der Waals surface area contributed by atoms with Gasteiger partial charge in [-0.2, -0.15) is 0 Å². The Morgan fingerprint density at radius 2 is 1.82 bits per heavy atom. The van der Waals surface area contributed by atoms with Crippen molar-refractivity contribution >= 4 is 29.1 Å². The Morgan fingerprint density at radius 3 is 2.43 bits per heavy atom. The fourth-order valence-corrected chi connectivity index (χ4v) is 3.16. The van der Waals surface area contributed by atoms with E-state index in [0.717, 1.165) is 0 Å². The van der Waals surface area contributed by atoms with Gasteiger partial charge in [-0.15, -0.1) is 0 Å². The van der Waals surface area contributed by atoms with Crippen molar-refractivity contribution < 1.29 is 18.8 Å². The molecule has 148 valence electrons. The molecule has 1 aliphatic heterocycles. The Kier molecular flexibility index (Phi) is 6.13. The molecule has 0 aliphatic carbocycles. The average molecular weight is 383 g/mol. The van der Waals surface area contributed by atoms with Crippen molar-refractivity contribution in [3.8, 4) is 0 Å². The molecule has 1 aromatic carbocycles. The van der Waals surface area contributed by atoms with Gasteiger partial charge in [0.2, 0.25) is 17.7 Å². The van der Waals surface area contributed by atoms with Crippen LogP contribution in [-0.2, 0) is 20.9 Å². The first-order valence-electron chi connectivity index (χ1n) is 9.41. The number of furan rings is 1. The molecule has 1 atom stereocenters. The molecule has 1 saturated heterocycles. The third-order valence-corrected chi connectivity index (χ3v) is 4.54. The van der Waals surface area contributed by atoms with Crippen molar-refractivity contribution in [2.45, 2.75) is 33.2 Å². The summed E-state index contributed by atoms with van der Waals surface area (Å²) >= 11 is 0. The molecule has 2 aromatic rings. The van der Waals surface area contributed by atoms with Crippen molar-refractivity contribution in [2.24, 2.45) is 11.8 Å². The van der Waals surface area contributed by atoms with E-state index < -0.39 is 5.92 Å². The second-order valence-corrected chi connectivity index (χ2v) is 7.47. The molecule has 1 aliphatic rings. The first kappa shape index (κ1) is 19.7. The van der Waals surface area contributed by atoms with Crippen molar-refractivity contribution in [3.05, 3.63) is 48.4 Å². The van der Waals surface area contributed by atoms with Crippen LogP contribution in [0.3, 0.4) is 0 Å². The topological polar surface area (TPSA) is 91.7 Å². The summed E-state index contributed by atoms with van der Waals surface area (Å²) in [5, 5.41) is 5.67. The Labute approximate surface area is 164 Å². The van der Waals surface area contributed by atoms with Crippen LogP contribution in [0.15, 0.2) is 47.1 Å². The SMILES string of the molecule is CC(C)CC(=O)Nc1ccc(NC(=O)[C@@H]2CC(=O)N(Cc3ccco3)C2)cc1. The molecule has 0 radical (unpaired) electrons. The Hall–Kier alpha value is -3.09. The molecule has 0 bridgehead atoms. The third-order valence-electron chi connectivity index (χ3n) is 4.54. The van der Waals surface area contributed by atoms with E-state index in [2.05, 4.69) is 10.6 Å². The number of carbonyl (C=O) groups is 3. The summed E-state index contributed by atoms with van der Waals surface area (Å²) in [6, 6.07) is 10.5. The van der Waals surface area contributed by atoms with Gasteiger partial charge < -0.3 is 20.0 Å². The van der Waals surface area contributed by atoms with Crippen LogP contribution in [0.5, 0.6) is 0 Å². The molecule has 28 heavy (non-hydrogen) atoms. The highest BCUT2D eigenvalue weighted by Crippen LogP contribution is 2.22. The van der Waals surface area contributed by atoms with Crippen LogP contribution in [0.4, 0.5) is 11.4 Å². The standard InChI is InChI=1S/C21H25N3O4/c1-14(2)10-19(25)22-16-5-7-17(8-6-16)23-21(27)15-11-20(26)24(12-15)13-18-4-3-9-28-18/h3-9,14-15H,10-13H2,1-2H3,(H,22,25)(H,23,27)/t15-/m1/s1. The second kappa shape index (κ2) is 8.73. The average Bonchev–Trinajstić information content (AvgIpc) is 3.26. The van der Waals surface area contributed by atoms with E-state index in [1.54, 1.807) is 41.5 Å². The number of carbonyl (C=O) groups excluding carboxylic acids is 3. The van der Waals surface area contributed by atoms with E-state index in [-0.39, 0.29) is 24.1 Å². The van der Waals surface area contributed by atoms with E-state index in [9.17, 15) is 14.4 Å². The quantitative estimate of drug-likeness (QED) is 0.768. The lowest BCUT2D eigenvalue weighted by Gasteiger charge is -2.15. The van der Waals surface area contributed by atoms with Crippen LogP contribution in [0, 0.1) is 11.8 Å². The number of hydrogen-bond donors (Lipinski definition) is 2. The van der Waals surface area contributed by atoms with Crippen LogP contribution >= 0.6 is 0 Å². The lowest BCUT2D eigenvalue weighted by atomic mass is 10.1. The first-order chi connectivity index (χ1) is 13.4. The highest BCUT2D eigenvalue weighted by atomic mass is 16.3. The summed E-state index contributed by atoms with van der Waals surface area (Å²) in [5.74, 6) is 0.317. The van der Waals surface area contributed by atoms with Crippen LogP contribution < -0.4 is 10.6 Å². The molecule has 1 fully saturated rings. The smallest absolute Gasteiger partial charge is 0.229 e. The van der Waals surface area contributed by atoms with E-state index in [0.29, 0.717) is 42.6 Å². The number of benzene rings is 1. The van der Waals surface area contributed by atoms with E-state index >= 15 is 0 Å². The van der Waals surface area contributed by atoms with E-state index in [1.807, 2.05) is 19.9 Å². The van der Waals surface area contributed by atoms with Gasteiger partial charge >= 0.3 is 0 Å². The predicted molar refractivity (Wildman–Crippen MR) is 105 cm³/mol. The summed E-state index contributed by atoms with van der Waals surface area (Å²) in [7, 11) is 0. The van der Waals surface area contributed by atoms with Crippen LogP contribution in [0.2, 0.25) is 0 Å². The van der Waals surface area contributed by atoms with Gasteiger partial charge in [-0.25, -0.2) is 0 Å². The second-order valence-electron chi connectivity index (χ2n) is 7.47. The largest absolute Gasteiger partial charge is 0.467 e. The van der Waals surface area contributed by atoms with Crippen molar-refractivity contribution in [3.63, 3.8) is 0 Å². The maximum Gasteiger partial charge on any atom is 0.229 e. The van der Waals surface area contributed by atoms with E-state index in [1.165, 1.54) is 0 Å². The summed E-state index contributed by atoms with van der Waals surface area (Å²) in [6.45, 7) is 4.72. The maximum atomic E-state index is 12.5. The van der Waals surface area contributed by atoms with Gasteiger partial charge in [0.05, 0.1) is 18.7 Å². The van der Waals surface area contributed by atoms with Crippen LogP contribution in [0.25, 0.3) is 0 Å². The molecule has 0 spiro atoms. The van der Waals surface area contributed by atoms with Crippen molar-refractivity contribution in [2.75, 3.05) is 17.2 Å². The molecule has 7 heteroatoms. The molecular weight excluding hydrogens is 358 g/mol. The molecule has 2 heterocycles. The molecule has 1 aromatic heterocycles. The minimum atomic E-state index is -0.395. The molecule has 3 rings (SSSR count). The predicted octanol–water partition coefficient (Wildman–Crippen LogP) is 3.25. The van der Waals surface area contributed by atoms with Gasteiger partial charge in [-0.3, -0.25) is 14.4 Å². The number of amides is 3. The Bertz CT molecular complexity index is 828. The zero-order chi connectivity index (χ0) is 20.1. The normalized spacial score (nSPS) is 16.5. The fraction of sp³-hybridized carbons (Fsp3) is 0.381. The van der Waals surface area contributed by atoms with Gasteiger partial charge in [0.15, 0.2) is 0 Å². The minimum absolute atomic E-state index is 0.0343. The van der Waals surface area contributed by atoms with Gasteiger partial charge in [0, 0.05) is 30.8 Å². The lowest BCUT2D eigenvalue weighted by molar-refractivity contribution is -0.128. The van der Waals surface area contributed by atoms with Crippen LogP contribution in [-0.4, -0.2) is 29.2 Å². The number of rotatable bonds is 7. The molecule has 0 unspecified atom stereocenters. The number of likely N-dealkylation sites (tertiary alicyclic amines) is 1.